The molecule has 0 aliphatic heterocycles. The van der Waals surface area contributed by atoms with Gasteiger partial charge in [0.1, 0.15) is 6.54 Å². The lowest BCUT2D eigenvalue weighted by Gasteiger charge is -2.08. The molecule has 12 heavy (non-hydrogen) atoms. The van der Waals surface area contributed by atoms with E-state index in [-0.39, 0.29) is 13.1 Å². The number of nitrogens with two attached hydrogens (primary N) is 2. The van der Waals surface area contributed by atoms with Crippen LogP contribution < -0.4 is 16.8 Å². The van der Waals surface area contributed by atoms with Crippen LogP contribution in [0.3, 0.4) is 0 Å². The molecule has 0 unspecified atom stereocenters. The molecule has 70 valence electrons. The number of amides is 1. The second-order valence-corrected chi connectivity index (χ2v) is 2.14. The summed E-state index contributed by atoms with van der Waals surface area (Å²) in [5.74, 6) is -0.976. The van der Waals surface area contributed by atoms with Crippen LogP contribution in [0.2, 0.25) is 0 Å². The van der Waals surface area contributed by atoms with Crippen molar-refractivity contribution < 1.29 is 14.3 Å². The van der Waals surface area contributed by atoms with Crippen LogP contribution in [0, 0.1) is 0 Å². The molecule has 0 aromatic carbocycles. The average molecular weight is 175 g/mol. The van der Waals surface area contributed by atoms with Crippen LogP contribution >= 0.6 is 0 Å². The van der Waals surface area contributed by atoms with E-state index in [1.165, 1.54) is 7.11 Å². The lowest BCUT2D eigenvalue weighted by molar-refractivity contribution is -0.141. The summed E-state index contributed by atoms with van der Waals surface area (Å²) in [5.41, 5.74) is 10.4. The number of carbonyl (C=O) groups excluding carboxylic acids is 2. The third kappa shape index (κ3) is 3.89. The van der Waals surface area contributed by atoms with Gasteiger partial charge in [-0.25, -0.2) is 0 Å². The molecule has 6 nitrogen and oxygen atoms in total. The predicted molar refractivity (Wildman–Crippen MR) is 42.1 cm³/mol. The van der Waals surface area contributed by atoms with Crippen molar-refractivity contribution in [1.29, 1.82) is 0 Å². The summed E-state index contributed by atoms with van der Waals surface area (Å²) in [6.45, 7) is -0.129. The second kappa shape index (κ2) is 5.50. The van der Waals surface area contributed by atoms with Gasteiger partial charge in [0, 0.05) is 6.54 Å². The van der Waals surface area contributed by atoms with Gasteiger partial charge < -0.3 is 21.5 Å². The minimum atomic E-state index is -0.769. The fourth-order valence-electron chi connectivity index (χ4n) is 0.470. The van der Waals surface area contributed by atoms with Crippen LogP contribution in [0.15, 0.2) is 0 Å². The lowest BCUT2D eigenvalue weighted by Crippen LogP contribution is -2.46. The minimum absolute atomic E-state index is 0.0486. The molecule has 0 aliphatic rings. The zero-order chi connectivity index (χ0) is 9.56. The van der Waals surface area contributed by atoms with Crippen molar-refractivity contribution in [2.45, 2.75) is 6.04 Å². The van der Waals surface area contributed by atoms with Crippen molar-refractivity contribution in [3.63, 3.8) is 0 Å². The summed E-state index contributed by atoms with van der Waals surface area (Å²) in [5, 5.41) is 2.27. The summed E-state index contributed by atoms with van der Waals surface area (Å²) in [4.78, 5) is 21.4. The Balaban J connectivity index is 3.64. The number of carbonyl (C=O) groups is 2. The molecule has 0 aromatic heterocycles. The van der Waals surface area contributed by atoms with E-state index < -0.39 is 17.9 Å². The molecular weight excluding hydrogens is 162 g/mol. The predicted octanol–water partition coefficient (Wildman–Crippen LogP) is -2.44. The van der Waals surface area contributed by atoms with E-state index in [4.69, 9.17) is 11.5 Å². The van der Waals surface area contributed by atoms with Crippen molar-refractivity contribution in [3.8, 4) is 0 Å². The van der Waals surface area contributed by atoms with E-state index in [2.05, 4.69) is 10.1 Å². The normalized spacial score (nSPS) is 11.9. The van der Waals surface area contributed by atoms with Gasteiger partial charge >= 0.3 is 5.97 Å². The molecule has 0 aromatic rings. The van der Waals surface area contributed by atoms with Crippen LogP contribution in [0.5, 0.6) is 0 Å². The zero-order valence-corrected chi connectivity index (χ0v) is 6.87. The highest BCUT2D eigenvalue weighted by Crippen LogP contribution is 1.75. The van der Waals surface area contributed by atoms with E-state index in [9.17, 15) is 9.59 Å². The number of nitrogens with one attached hydrogen (secondary N) is 1. The highest BCUT2D eigenvalue weighted by Gasteiger charge is 2.11. The lowest BCUT2D eigenvalue weighted by atomic mass is 10.3. The molecule has 0 rings (SSSR count). The van der Waals surface area contributed by atoms with Gasteiger partial charge in [-0.2, -0.15) is 0 Å². The highest BCUT2D eigenvalue weighted by atomic mass is 16.5. The summed E-state index contributed by atoms with van der Waals surface area (Å²) < 4.78 is 4.29. The molecule has 0 radical (unpaired) electrons. The van der Waals surface area contributed by atoms with Gasteiger partial charge in [0.15, 0.2) is 0 Å². The maximum Gasteiger partial charge on any atom is 0.325 e. The molecule has 0 saturated carbocycles. The molecule has 0 heterocycles. The van der Waals surface area contributed by atoms with E-state index in [0.29, 0.717) is 0 Å². The van der Waals surface area contributed by atoms with Crippen LogP contribution in [-0.4, -0.2) is 38.1 Å². The number of ether oxygens (including phenoxy) is 1. The van der Waals surface area contributed by atoms with Gasteiger partial charge in [-0.3, -0.25) is 9.59 Å². The molecule has 0 fully saturated rings. The first-order chi connectivity index (χ1) is 5.61. The van der Waals surface area contributed by atoms with E-state index >= 15 is 0 Å². The monoisotopic (exact) mass is 175 g/mol. The number of hydrogen-bond donors (Lipinski definition) is 3. The van der Waals surface area contributed by atoms with E-state index in [1.807, 2.05) is 0 Å². The van der Waals surface area contributed by atoms with Gasteiger partial charge in [-0.05, 0) is 0 Å². The fourth-order valence-corrected chi connectivity index (χ4v) is 0.470. The number of esters is 1. The Hall–Kier alpha value is -1.14. The third-order valence-corrected chi connectivity index (χ3v) is 1.23. The Kier molecular flexibility index (Phi) is 4.98. The maximum atomic E-state index is 10.9. The smallest absolute Gasteiger partial charge is 0.325 e. The van der Waals surface area contributed by atoms with E-state index in [1.54, 1.807) is 0 Å². The quantitative estimate of drug-likeness (QED) is 0.411. The summed E-state index contributed by atoms with van der Waals surface area (Å²) in [6, 6.07) is -0.769. The first-order valence-electron chi connectivity index (χ1n) is 3.42. The Bertz CT molecular complexity index is 171. The molecule has 0 spiro atoms. The molecule has 5 N–H and O–H groups in total. The SMILES string of the molecule is COC(=O)CNC(=O)[C@@H](N)CN. The van der Waals surface area contributed by atoms with Gasteiger partial charge in [0.2, 0.25) is 5.91 Å². The summed E-state index contributed by atoms with van der Waals surface area (Å²) in [6.07, 6.45) is 0. The van der Waals surface area contributed by atoms with Crippen molar-refractivity contribution in [1.82, 2.24) is 5.32 Å². The van der Waals surface area contributed by atoms with Crippen LogP contribution in [-0.2, 0) is 14.3 Å². The first kappa shape index (κ1) is 10.9. The number of rotatable bonds is 4. The number of methoxy groups -OCH3 is 1. The minimum Gasteiger partial charge on any atom is -0.468 e. The number of hydrogen-bond acceptors (Lipinski definition) is 5. The Morgan fingerprint density at radius 3 is 2.58 bits per heavy atom. The van der Waals surface area contributed by atoms with Gasteiger partial charge in [-0.15, -0.1) is 0 Å². The van der Waals surface area contributed by atoms with Gasteiger partial charge in [-0.1, -0.05) is 0 Å². The topological polar surface area (TPSA) is 107 Å². The molecule has 0 saturated heterocycles. The van der Waals surface area contributed by atoms with E-state index in [0.717, 1.165) is 0 Å². The molecule has 6 heteroatoms. The average Bonchev–Trinajstić information content (AvgIpc) is 2.11. The first-order valence-corrected chi connectivity index (χ1v) is 3.42. The third-order valence-electron chi connectivity index (χ3n) is 1.23. The largest absolute Gasteiger partial charge is 0.468 e. The standard InChI is InChI=1S/C6H13N3O3/c1-12-5(10)3-9-6(11)4(8)2-7/h4H,2-3,7-8H2,1H3,(H,9,11)/t4-/m0/s1. The summed E-state index contributed by atoms with van der Waals surface area (Å²) in [7, 11) is 1.23. The van der Waals surface area contributed by atoms with Crippen molar-refractivity contribution in [2.24, 2.45) is 11.5 Å². The highest BCUT2D eigenvalue weighted by molar-refractivity contribution is 5.85. The van der Waals surface area contributed by atoms with Crippen molar-refractivity contribution in [3.05, 3.63) is 0 Å². The Morgan fingerprint density at radius 1 is 1.58 bits per heavy atom. The van der Waals surface area contributed by atoms with Gasteiger partial charge in [0.05, 0.1) is 13.2 Å². The molecule has 1 amide bonds. The Morgan fingerprint density at radius 2 is 2.17 bits per heavy atom. The maximum absolute atomic E-state index is 10.9. The van der Waals surface area contributed by atoms with Gasteiger partial charge in [0.25, 0.3) is 0 Å². The summed E-state index contributed by atoms with van der Waals surface area (Å²) >= 11 is 0. The van der Waals surface area contributed by atoms with Crippen LogP contribution in [0.1, 0.15) is 0 Å². The van der Waals surface area contributed by atoms with Crippen LogP contribution in [0.4, 0.5) is 0 Å². The van der Waals surface area contributed by atoms with Crippen molar-refractivity contribution >= 4 is 11.9 Å². The Labute approximate surface area is 70.2 Å². The second-order valence-electron chi connectivity index (χ2n) is 2.14. The molecule has 0 aliphatic carbocycles. The molecular formula is C6H13N3O3. The van der Waals surface area contributed by atoms with Crippen LogP contribution in [0.25, 0.3) is 0 Å². The fraction of sp³-hybridized carbons (Fsp3) is 0.667. The molecule has 1 atom stereocenters. The van der Waals surface area contributed by atoms with Crippen molar-refractivity contribution in [2.75, 3.05) is 20.2 Å². The zero-order valence-electron chi connectivity index (χ0n) is 6.87. The molecule has 0 bridgehead atoms.